The molecule has 11 nitrogen and oxygen atoms in total. The maximum Gasteiger partial charge on any atom is 0.330 e. The monoisotopic (exact) mass is 544 g/mol. The lowest BCUT2D eigenvalue weighted by Gasteiger charge is -2.36. The van der Waals surface area contributed by atoms with Gasteiger partial charge in [0.15, 0.2) is 11.0 Å². The number of hydrogen-bond donors (Lipinski definition) is 2. The maximum absolute atomic E-state index is 14.0. The van der Waals surface area contributed by atoms with Crippen LogP contribution >= 0.6 is 11.6 Å². The Bertz CT molecular complexity index is 1560. The van der Waals surface area contributed by atoms with Crippen LogP contribution in [0.3, 0.4) is 0 Å². The molecule has 1 aliphatic rings. The highest BCUT2D eigenvalue weighted by Gasteiger charge is 2.34. The summed E-state index contributed by atoms with van der Waals surface area (Å²) >= 11 is 6.21. The van der Waals surface area contributed by atoms with Crippen LogP contribution in [0.2, 0.25) is 5.15 Å². The number of carbonyl (C=O) groups excluding carboxylic acids is 2. The molecule has 4 aromatic rings. The highest BCUT2D eigenvalue weighted by Crippen LogP contribution is 2.38. The molecule has 2 N–H and O–H groups in total. The molecule has 0 spiro atoms. The van der Waals surface area contributed by atoms with E-state index in [9.17, 15) is 9.59 Å². The second-order valence-corrected chi connectivity index (χ2v) is 9.07. The number of fused-ring (bicyclic) bond motifs is 1. The normalized spacial score (nSPS) is 12.6. The molecule has 0 unspecified atom stereocenters. The molecule has 0 radical (unpaired) electrons. The lowest BCUT2D eigenvalue weighted by atomic mass is 10.1. The van der Waals surface area contributed by atoms with Gasteiger partial charge in [0.1, 0.15) is 5.75 Å². The number of hydrogen-bond acceptors (Lipinski definition) is 7. The van der Waals surface area contributed by atoms with Crippen molar-refractivity contribution in [3.8, 4) is 5.75 Å². The molecule has 0 atom stereocenters. The molecule has 2 aromatic carbocycles. The Labute approximate surface area is 229 Å². The van der Waals surface area contributed by atoms with Crippen molar-refractivity contribution >= 4 is 52.4 Å². The molecule has 2 aromatic heterocycles. The molecule has 3 heterocycles. The van der Waals surface area contributed by atoms with E-state index in [0.29, 0.717) is 41.7 Å². The fourth-order valence-electron chi connectivity index (χ4n) is 4.21. The number of amides is 3. The van der Waals surface area contributed by atoms with E-state index in [0.717, 1.165) is 17.2 Å². The SMILES string of the molecule is C=CC(=O)Nc1cc(N2C(=O)N(Cc3ccccc3)Cc3cnc(Nc4cn(C)nc4Cl)nc32)ccc1OC. The summed E-state index contributed by atoms with van der Waals surface area (Å²) in [6, 6.07) is 14.5. The first kappa shape index (κ1) is 25.7. The fraction of sp³-hybridized carbons (Fsp3) is 0.148. The van der Waals surface area contributed by atoms with Gasteiger partial charge in [0.05, 0.1) is 30.7 Å². The molecule has 3 amide bonds. The van der Waals surface area contributed by atoms with E-state index in [1.165, 1.54) is 12.0 Å². The van der Waals surface area contributed by atoms with Crippen molar-refractivity contribution in [1.29, 1.82) is 0 Å². The molecular weight excluding hydrogens is 520 g/mol. The highest BCUT2D eigenvalue weighted by molar-refractivity contribution is 6.32. The molecule has 0 fully saturated rings. The van der Waals surface area contributed by atoms with Gasteiger partial charge in [0, 0.05) is 31.5 Å². The third-order valence-corrected chi connectivity index (χ3v) is 6.29. The number of anilines is 5. The topological polar surface area (TPSA) is 118 Å². The number of aromatic nitrogens is 4. The zero-order chi connectivity index (χ0) is 27.5. The van der Waals surface area contributed by atoms with Crippen molar-refractivity contribution in [3.05, 3.63) is 89.9 Å². The standard InChI is InChI=1S/C27H25ClN8O3/c1-4-23(37)30-20-12-19(10-11-22(20)39-3)36-25-18(15-35(27(36)38)14-17-8-6-5-7-9-17)13-29-26(32-25)31-21-16-34(2)33-24(21)28/h4-13,16H,1,14-15H2,2-3H3,(H,30,37)(H,29,31,32). The summed E-state index contributed by atoms with van der Waals surface area (Å²) in [5.74, 6) is 0.652. The molecule has 0 bridgehead atoms. The summed E-state index contributed by atoms with van der Waals surface area (Å²) in [4.78, 5) is 38.4. The van der Waals surface area contributed by atoms with Crippen LogP contribution in [-0.2, 0) is 24.9 Å². The van der Waals surface area contributed by atoms with E-state index in [1.807, 2.05) is 30.3 Å². The van der Waals surface area contributed by atoms with Crippen LogP contribution < -0.4 is 20.3 Å². The minimum atomic E-state index is -0.413. The Morgan fingerprint density at radius 2 is 2.00 bits per heavy atom. The number of nitrogens with zero attached hydrogens (tertiary/aromatic N) is 6. The van der Waals surface area contributed by atoms with E-state index in [4.69, 9.17) is 16.3 Å². The minimum absolute atomic E-state index is 0.242. The van der Waals surface area contributed by atoms with Crippen LogP contribution in [-0.4, -0.2) is 43.7 Å². The quantitative estimate of drug-likeness (QED) is 0.299. The zero-order valence-corrected chi connectivity index (χ0v) is 22.0. The van der Waals surface area contributed by atoms with Gasteiger partial charge in [0.2, 0.25) is 11.9 Å². The van der Waals surface area contributed by atoms with Crippen molar-refractivity contribution in [1.82, 2.24) is 24.6 Å². The van der Waals surface area contributed by atoms with Gasteiger partial charge in [-0.1, -0.05) is 48.5 Å². The van der Waals surface area contributed by atoms with Gasteiger partial charge in [-0.3, -0.25) is 9.48 Å². The number of nitrogens with one attached hydrogen (secondary N) is 2. The van der Waals surface area contributed by atoms with Gasteiger partial charge >= 0.3 is 6.03 Å². The Kier molecular flexibility index (Phi) is 7.15. The average molecular weight is 545 g/mol. The fourth-order valence-corrected chi connectivity index (χ4v) is 4.43. The molecular formula is C27H25ClN8O3. The Morgan fingerprint density at radius 1 is 1.21 bits per heavy atom. The highest BCUT2D eigenvalue weighted by atomic mass is 35.5. The average Bonchev–Trinajstić information content (AvgIpc) is 3.25. The summed E-state index contributed by atoms with van der Waals surface area (Å²) in [6.07, 6.45) is 4.54. The molecule has 39 heavy (non-hydrogen) atoms. The number of ether oxygens (including phenoxy) is 1. The van der Waals surface area contributed by atoms with Crippen LogP contribution in [0.15, 0.2) is 73.6 Å². The van der Waals surface area contributed by atoms with Crippen LogP contribution in [0.25, 0.3) is 0 Å². The predicted molar refractivity (Wildman–Crippen MR) is 149 cm³/mol. The van der Waals surface area contributed by atoms with Crippen LogP contribution in [0, 0.1) is 0 Å². The van der Waals surface area contributed by atoms with Gasteiger partial charge in [0.25, 0.3) is 0 Å². The van der Waals surface area contributed by atoms with Gasteiger partial charge in [-0.2, -0.15) is 10.1 Å². The molecule has 0 saturated carbocycles. The van der Waals surface area contributed by atoms with Gasteiger partial charge in [-0.05, 0) is 29.8 Å². The number of urea groups is 1. The second-order valence-electron chi connectivity index (χ2n) is 8.71. The van der Waals surface area contributed by atoms with Crippen molar-refractivity contribution in [2.45, 2.75) is 13.1 Å². The summed E-state index contributed by atoms with van der Waals surface area (Å²) in [7, 11) is 3.25. The van der Waals surface area contributed by atoms with Gasteiger partial charge in [-0.25, -0.2) is 14.7 Å². The third-order valence-electron chi connectivity index (χ3n) is 6.01. The lowest BCUT2D eigenvalue weighted by molar-refractivity contribution is -0.111. The second kappa shape index (κ2) is 10.8. The summed E-state index contributed by atoms with van der Waals surface area (Å²) in [5, 5.41) is 10.2. The van der Waals surface area contributed by atoms with Gasteiger partial charge < -0.3 is 20.3 Å². The van der Waals surface area contributed by atoms with E-state index in [1.54, 1.807) is 47.2 Å². The lowest BCUT2D eigenvalue weighted by Crippen LogP contribution is -2.45. The van der Waals surface area contributed by atoms with E-state index >= 15 is 0 Å². The largest absolute Gasteiger partial charge is 0.495 e. The first-order valence-corrected chi connectivity index (χ1v) is 12.3. The number of halogens is 1. The Balaban J connectivity index is 1.58. The summed E-state index contributed by atoms with van der Waals surface area (Å²) < 4.78 is 6.98. The molecule has 1 aliphatic heterocycles. The molecule has 12 heteroatoms. The zero-order valence-electron chi connectivity index (χ0n) is 21.3. The van der Waals surface area contributed by atoms with Crippen molar-refractivity contribution in [3.63, 3.8) is 0 Å². The summed E-state index contributed by atoms with van der Waals surface area (Å²) in [5.41, 5.74) is 3.10. The summed E-state index contributed by atoms with van der Waals surface area (Å²) in [6.45, 7) is 4.20. The van der Waals surface area contributed by atoms with E-state index < -0.39 is 5.91 Å². The first-order chi connectivity index (χ1) is 18.9. The number of carbonyl (C=O) groups is 2. The Morgan fingerprint density at radius 3 is 2.69 bits per heavy atom. The van der Waals surface area contributed by atoms with E-state index in [-0.39, 0.29) is 17.1 Å². The van der Waals surface area contributed by atoms with Crippen molar-refractivity contribution in [2.75, 3.05) is 22.6 Å². The van der Waals surface area contributed by atoms with Crippen molar-refractivity contribution in [2.24, 2.45) is 7.05 Å². The van der Waals surface area contributed by atoms with Gasteiger partial charge in [-0.15, -0.1) is 0 Å². The third kappa shape index (κ3) is 5.39. The molecule has 5 rings (SSSR count). The molecule has 0 saturated heterocycles. The van der Waals surface area contributed by atoms with Crippen LogP contribution in [0.1, 0.15) is 11.1 Å². The Hall–Kier alpha value is -4.90. The number of aryl methyl sites for hydroxylation is 1. The van der Waals surface area contributed by atoms with Crippen LogP contribution in [0.4, 0.5) is 33.6 Å². The number of rotatable bonds is 8. The predicted octanol–water partition coefficient (Wildman–Crippen LogP) is 5.01. The smallest absolute Gasteiger partial charge is 0.330 e. The first-order valence-electron chi connectivity index (χ1n) is 11.9. The van der Waals surface area contributed by atoms with Crippen molar-refractivity contribution < 1.29 is 14.3 Å². The minimum Gasteiger partial charge on any atom is -0.495 e. The maximum atomic E-state index is 14.0. The van der Waals surface area contributed by atoms with E-state index in [2.05, 4.69) is 32.3 Å². The molecule has 0 aliphatic carbocycles. The number of methoxy groups -OCH3 is 1. The molecule has 198 valence electrons. The van der Waals surface area contributed by atoms with Crippen LogP contribution in [0.5, 0.6) is 5.75 Å². The number of benzene rings is 2.